The lowest BCUT2D eigenvalue weighted by molar-refractivity contribution is 0.169. The maximum atomic E-state index is 13.1. The number of hydrogen-bond donors (Lipinski definition) is 1. The molecule has 1 heterocycles. The Hall–Kier alpha value is -1.88. The highest BCUT2D eigenvalue weighted by molar-refractivity contribution is 5.33. The monoisotopic (exact) mass is 277 g/mol. The molecule has 2 unspecified atom stereocenters. The van der Waals surface area contributed by atoms with E-state index < -0.39 is 0 Å². The van der Waals surface area contributed by atoms with Gasteiger partial charge in [-0.2, -0.15) is 5.10 Å². The Morgan fingerprint density at radius 3 is 2.75 bits per heavy atom. The molecule has 1 aromatic heterocycles. The Morgan fingerprint density at radius 1 is 1.45 bits per heavy atom. The molecule has 0 spiro atoms. The topological polar surface area (TPSA) is 53.1 Å². The first-order valence-corrected chi connectivity index (χ1v) is 6.68. The minimum atomic E-state index is -0.294. The van der Waals surface area contributed by atoms with Crippen LogP contribution in [-0.2, 0) is 7.05 Å². The highest BCUT2D eigenvalue weighted by Gasteiger charge is 2.22. The predicted molar refractivity (Wildman–Crippen MR) is 76.0 cm³/mol. The number of hydrogen-bond acceptors (Lipinski definition) is 3. The molecule has 0 bridgehead atoms. The van der Waals surface area contributed by atoms with Gasteiger partial charge in [-0.25, -0.2) is 4.39 Å². The third kappa shape index (κ3) is 3.17. The van der Waals surface area contributed by atoms with Crippen molar-refractivity contribution in [3.05, 3.63) is 47.5 Å². The molecule has 0 amide bonds. The van der Waals surface area contributed by atoms with Crippen LogP contribution in [0, 0.1) is 12.7 Å². The van der Waals surface area contributed by atoms with Crippen LogP contribution in [0.4, 0.5) is 4.39 Å². The van der Waals surface area contributed by atoms with Gasteiger partial charge in [0, 0.05) is 24.8 Å². The average molecular weight is 277 g/mol. The quantitative estimate of drug-likeness (QED) is 0.914. The first kappa shape index (κ1) is 14.5. The fourth-order valence-electron chi connectivity index (χ4n) is 2.09. The van der Waals surface area contributed by atoms with Crippen molar-refractivity contribution < 1.29 is 9.13 Å². The Balaban J connectivity index is 2.28. The van der Waals surface area contributed by atoms with Crippen molar-refractivity contribution in [2.45, 2.75) is 32.4 Å². The first-order valence-electron chi connectivity index (χ1n) is 6.68. The summed E-state index contributed by atoms with van der Waals surface area (Å²) < 4.78 is 20.9. The van der Waals surface area contributed by atoms with Gasteiger partial charge in [-0.3, -0.25) is 4.68 Å². The second-order valence-electron chi connectivity index (χ2n) is 4.97. The second kappa shape index (κ2) is 6.05. The summed E-state index contributed by atoms with van der Waals surface area (Å²) in [6.07, 6.45) is 4.12. The molecular formula is C15H20FN3O. The molecule has 2 N–H and O–H groups in total. The van der Waals surface area contributed by atoms with Gasteiger partial charge < -0.3 is 10.5 Å². The summed E-state index contributed by atoms with van der Waals surface area (Å²) in [5.74, 6) is 0.372. The minimum Gasteiger partial charge on any atom is -0.484 e. The van der Waals surface area contributed by atoms with Crippen LogP contribution in [0.25, 0.3) is 0 Å². The van der Waals surface area contributed by atoms with Crippen LogP contribution < -0.4 is 10.5 Å². The Morgan fingerprint density at radius 2 is 2.20 bits per heavy atom. The third-order valence-electron chi connectivity index (χ3n) is 3.30. The minimum absolute atomic E-state index is 0.149. The second-order valence-corrected chi connectivity index (χ2v) is 4.97. The molecule has 20 heavy (non-hydrogen) atoms. The van der Waals surface area contributed by atoms with Gasteiger partial charge in [0.2, 0.25) is 0 Å². The summed E-state index contributed by atoms with van der Waals surface area (Å²) in [6, 6.07) is 4.33. The first-order chi connectivity index (χ1) is 9.51. The van der Waals surface area contributed by atoms with Gasteiger partial charge in [0.15, 0.2) is 0 Å². The van der Waals surface area contributed by atoms with Gasteiger partial charge in [-0.1, -0.05) is 6.92 Å². The smallest absolute Gasteiger partial charge is 0.142 e. The van der Waals surface area contributed by atoms with Crippen molar-refractivity contribution in [2.75, 3.05) is 0 Å². The van der Waals surface area contributed by atoms with E-state index in [1.165, 1.54) is 12.1 Å². The van der Waals surface area contributed by atoms with Crippen molar-refractivity contribution in [1.82, 2.24) is 9.78 Å². The number of rotatable bonds is 5. The molecule has 2 atom stereocenters. The number of nitrogens with zero attached hydrogens (tertiary/aromatic N) is 2. The summed E-state index contributed by atoms with van der Waals surface area (Å²) in [4.78, 5) is 0. The van der Waals surface area contributed by atoms with Crippen LogP contribution in [0.1, 0.15) is 30.6 Å². The lowest BCUT2D eigenvalue weighted by Crippen LogP contribution is -2.31. The van der Waals surface area contributed by atoms with Crippen LogP contribution in [0.15, 0.2) is 30.6 Å². The summed E-state index contributed by atoms with van der Waals surface area (Å²) >= 11 is 0. The summed E-state index contributed by atoms with van der Waals surface area (Å²) in [5.41, 5.74) is 7.82. The zero-order chi connectivity index (χ0) is 14.7. The number of benzene rings is 1. The molecule has 0 aliphatic rings. The number of nitrogens with two attached hydrogens (primary N) is 1. The van der Waals surface area contributed by atoms with Crippen LogP contribution >= 0.6 is 0 Å². The molecule has 0 fully saturated rings. The van der Waals surface area contributed by atoms with Gasteiger partial charge in [0.05, 0.1) is 6.20 Å². The van der Waals surface area contributed by atoms with E-state index in [1.54, 1.807) is 16.9 Å². The fourth-order valence-corrected chi connectivity index (χ4v) is 2.09. The van der Waals surface area contributed by atoms with Crippen LogP contribution in [0.2, 0.25) is 0 Å². The largest absolute Gasteiger partial charge is 0.484 e. The molecule has 0 radical (unpaired) electrons. The highest BCUT2D eigenvalue weighted by atomic mass is 19.1. The Bertz CT molecular complexity index is 582. The van der Waals surface area contributed by atoms with Crippen molar-refractivity contribution in [1.29, 1.82) is 0 Å². The molecule has 0 aliphatic carbocycles. The van der Waals surface area contributed by atoms with Crippen LogP contribution in [0.5, 0.6) is 5.75 Å². The van der Waals surface area contributed by atoms with E-state index in [0.29, 0.717) is 5.75 Å². The van der Waals surface area contributed by atoms with Crippen LogP contribution in [-0.4, -0.2) is 15.8 Å². The van der Waals surface area contributed by atoms with Crippen LogP contribution in [0.3, 0.4) is 0 Å². The SMILES string of the molecule is CCC(N)C(Oc1ccc(F)cc1C)c1cnn(C)c1. The van der Waals surface area contributed by atoms with Gasteiger partial charge in [-0.05, 0) is 37.1 Å². The molecular weight excluding hydrogens is 257 g/mol. The van der Waals surface area contributed by atoms with Crippen molar-refractivity contribution >= 4 is 0 Å². The third-order valence-corrected chi connectivity index (χ3v) is 3.30. The van der Waals surface area contributed by atoms with Crippen molar-refractivity contribution in [3.63, 3.8) is 0 Å². The molecule has 0 aliphatic heterocycles. The predicted octanol–water partition coefficient (Wildman–Crippen LogP) is 2.73. The average Bonchev–Trinajstić information content (AvgIpc) is 2.83. The normalized spacial score (nSPS) is 14.1. The molecule has 5 heteroatoms. The molecule has 2 aromatic rings. The number of aryl methyl sites for hydroxylation is 2. The lowest BCUT2D eigenvalue weighted by atomic mass is 10.0. The number of halogens is 1. The fraction of sp³-hybridized carbons (Fsp3) is 0.400. The van der Waals surface area contributed by atoms with Gasteiger partial charge in [0.25, 0.3) is 0 Å². The maximum absolute atomic E-state index is 13.1. The maximum Gasteiger partial charge on any atom is 0.142 e. The van der Waals surface area contributed by atoms with Gasteiger partial charge in [0.1, 0.15) is 17.7 Å². The van der Waals surface area contributed by atoms with E-state index in [4.69, 9.17) is 10.5 Å². The van der Waals surface area contributed by atoms with Crippen molar-refractivity contribution in [2.24, 2.45) is 12.8 Å². The van der Waals surface area contributed by atoms with Crippen molar-refractivity contribution in [3.8, 4) is 5.75 Å². The molecule has 4 nitrogen and oxygen atoms in total. The van der Waals surface area contributed by atoms with Gasteiger partial charge in [-0.15, -0.1) is 0 Å². The zero-order valence-electron chi connectivity index (χ0n) is 12.0. The molecule has 108 valence electrons. The van der Waals surface area contributed by atoms with E-state index in [-0.39, 0.29) is 18.0 Å². The van der Waals surface area contributed by atoms with Gasteiger partial charge >= 0.3 is 0 Å². The summed E-state index contributed by atoms with van der Waals surface area (Å²) in [5, 5.41) is 4.15. The summed E-state index contributed by atoms with van der Waals surface area (Å²) in [6.45, 7) is 3.82. The molecule has 0 saturated carbocycles. The Kier molecular flexibility index (Phi) is 4.39. The standard InChI is InChI=1S/C15H20FN3O/c1-4-13(17)15(11-8-18-19(3)9-11)20-14-6-5-12(16)7-10(14)2/h5-9,13,15H,4,17H2,1-3H3. The Labute approximate surface area is 118 Å². The molecule has 1 aromatic carbocycles. The highest BCUT2D eigenvalue weighted by Crippen LogP contribution is 2.28. The van der Waals surface area contributed by atoms with E-state index in [0.717, 1.165) is 17.5 Å². The van der Waals surface area contributed by atoms with E-state index >= 15 is 0 Å². The summed E-state index contributed by atoms with van der Waals surface area (Å²) in [7, 11) is 1.85. The zero-order valence-corrected chi connectivity index (χ0v) is 12.0. The van der Waals surface area contributed by atoms with E-state index in [1.807, 2.05) is 27.1 Å². The molecule has 2 rings (SSSR count). The van der Waals surface area contributed by atoms with E-state index in [2.05, 4.69) is 5.10 Å². The number of aromatic nitrogens is 2. The molecule has 0 saturated heterocycles. The number of ether oxygens (including phenoxy) is 1. The van der Waals surface area contributed by atoms with E-state index in [9.17, 15) is 4.39 Å². The lowest BCUT2D eigenvalue weighted by Gasteiger charge is -2.24.